The zero-order chi connectivity index (χ0) is 14.0. The van der Waals surface area contributed by atoms with Gasteiger partial charge in [0.2, 0.25) is 0 Å². The highest BCUT2D eigenvalue weighted by Gasteiger charge is 2.11. The number of anilines is 1. The molecule has 0 radical (unpaired) electrons. The van der Waals surface area contributed by atoms with Crippen LogP contribution in [0.25, 0.3) is 0 Å². The number of phenolic OH excluding ortho intramolecular Hbond substituents is 1. The van der Waals surface area contributed by atoms with Crippen LogP contribution >= 0.6 is 0 Å². The molecule has 1 aromatic heterocycles. The van der Waals surface area contributed by atoms with Crippen LogP contribution in [0.3, 0.4) is 0 Å². The lowest BCUT2D eigenvalue weighted by atomic mass is 10.2. The van der Waals surface area contributed by atoms with Crippen molar-refractivity contribution in [3.63, 3.8) is 0 Å². The number of rotatable bonds is 2. The lowest BCUT2D eigenvalue weighted by molar-refractivity contribution is 0.102. The lowest BCUT2D eigenvalue weighted by Gasteiger charge is -2.06. The summed E-state index contributed by atoms with van der Waals surface area (Å²) in [5.41, 5.74) is -0.676. The van der Waals surface area contributed by atoms with Crippen LogP contribution in [0.15, 0.2) is 34.0 Å². The maximum atomic E-state index is 11.8. The van der Waals surface area contributed by atoms with Crippen LogP contribution in [0.4, 0.5) is 5.69 Å². The van der Waals surface area contributed by atoms with Crippen molar-refractivity contribution in [3.05, 3.63) is 56.4 Å². The van der Waals surface area contributed by atoms with Gasteiger partial charge in [0.05, 0.1) is 0 Å². The number of hydrogen-bond acceptors (Lipinski definition) is 4. The fraction of sp³-hybridized carbons (Fsp3) is 0.0833. The Morgan fingerprint density at radius 2 is 2.05 bits per heavy atom. The molecule has 0 aliphatic carbocycles. The van der Waals surface area contributed by atoms with Gasteiger partial charge < -0.3 is 15.4 Å². The summed E-state index contributed by atoms with van der Waals surface area (Å²) in [5.74, 6) is -0.645. The molecule has 7 heteroatoms. The van der Waals surface area contributed by atoms with Crippen molar-refractivity contribution in [2.75, 3.05) is 5.32 Å². The van der Waals surface area contributed by atoms with E-state index in [2.05, 4.69) is 10.3 Å². The highest BCUT2D eigenvalue weighted by atomic mass is 16.3. The molecule has 1 heterocycles. The van der Waals surface area contributed by atoms with Gasteiger partial charge in [0, 0.05) is 18.0 Å². The first-order valence-electron chi connectivity index (χ1n) is 5.40. The summed E-state index contributed by atoms with van der Waals surface area (Å²) < 4.78 is 0. The molecule has 0 saturated heterocycles. The minimum atomic E-state index is -0.780. The van der Waals surface area contributed by atoms with Crippen LogP contribution < -0.4 is 16.6 Å². The summed E-state index contributed by atoms with van der Waals surface area (Å²) in [6.45, 7) is 1.72. The van der Waals surface area contributed by atoms with Crippen LogP contribution in [-0.2, 0) is 0 Å². The van der Waals surface area contributed by atoms with Crippen LogP contribution in [0, 0.1) is 6.92 Å². The monoisotopic (exact) mass is 261 g/mol. The molecule has 0 saturated carbocycles. The van der Waals surface area contributed by atoms with Crippen LogP contribution in [0.1, 0.15) is 15.9 Å². The number of aryl methyl sites for hydroxylation is 1. The average molecular weight is 261 g/mol. The van der Waals surface area contributed by atoms with E-state index in [-0.39, 0.29) is 11.3 Å². The summed E-state index contributed by atoms with van der Waals surface area (Å²) in [6, 6.07) is 4.59. The third kappa shape index (κ3) is 2.71. The number of amides is 1. The van der Waals surface area contributed by atoms with Gasteiger partial charge in [0.1, 0.15) is 11.3 Å². The van der Waals surface area contributed by atoms with Crippen molar-refractivity contribution in [1.82, 2.24) is 9.97 Å². The van der Waals surface area contributed by atoms with Crippen molar-refractivity contribution in [1.29, 1.82) is 0 Å². The SMILES string of the molecule is Cc1ccc(NC(=O)c2c[nH]c(=O)[nH]c2=O)cc1O. The highest BCUT2D eigenvalue weighted by molar-refractivity contribution is 6.03. The second kappa shape index (κ2) is 4.81. The van der Waals surface area contributed by atoms with E-state index < -0.39 is 17.2 Å². The van der Waals surface area contributed by atoms with Crippen molar-refractivity contribution in [2.24, 2.45) is 0 Å². The van der Waals surface area contributed by atoms with Crippen LogP contribution in [0.2, 0.25) is 0 Å². The number of aromatic amines is 2. The Labute approximate surface area is 106 Å². The molecular formula is C12H11N3O4. The van der Waals surface area contributed by atoms with Gasteiger partial charge in [-0.2, -0.15) is 0 Å². The molecular weight excluding hydrogens is 250 g/mol. The molecule has 19 heavy (non-hydrogen) atoms. The summed E-state index contributed by atoms with van der Waals surface area (Å²) in [5, 5.41) is 12.0. The standard InChI is InChI=1S/C12H11N3O4/c1-6-2-3-7(4-9(6)16)14-10(17)8-5-13-12(19)15-11(8)18/h2-5,16H,1H3,(H,14,17)(H2,13,15,18,19). The van der Waals surface area contributed by atoms with E-state index in [1.54, 1.807) is 19.1 Å². The maximum Gasteiger partial charge on any atom is 0.325 e. The number of aromatic nitrogens is 2. The Balaban J connectivity index is 2.28. The van der Waals surface area contributed by atoms with Gasteiger partial charge in [-0.3, -0.25) is 14.6 Å². The third-order valence-electron chi connectivity index (χ3n) is 2.53. The van der Waals surface area contributed by atoms with Gasteiger partial charge in [-0.15, -0.1) is 0 Å². The van der Waals surface area contributed by atoms with E-state index >= 15 is 0 Å². The first kappa shape index (κ1) is 12.6. The summed E-state index contributed by atoms with van der Waals surface area (Å²) in [4.78, 5) is 38.2. The first-order valence-corrected chi connectivity index (χ1v) is 5.40. The second-order valence-corrected chi connectivity index (χ2v) is 3.94. The molecule has 7 nitrogen and oxygen atoms in total. The number of phenols is 1. The molecule has 1 amide bonds. The summed E-state index contributed by atoms with van der Waals surface area (Å²) in [6.07, 6.45) is 1.03. The fourth-order valence-electron chi connectivity index (χ4n) is 1.46. The van der Waals surface area contributed by atoms with E-state index in [0.29, 0.717) is 11.3 Å². The molecule has 0 fully saturated rings. The molecule has 0 bridgehead atoms. The number of hydrogen-bond donors (Lipinski definition) is 4. The van der Waals surface area contributed by atoms with Gasteiger partial charge >= 0.3 is 5.69 Å². The zero-order valence-electron chi connectivity index (χ0n) is 9.98. The van der Waals surface area contributed by atoms with Crippen molar-refractivity contribution < 1.29 is 9.90 Å². The van der Waals surface area contributed by atoms with Crippen molar-refractivity contribution in [3.8, 4) is 5.75 Å². The minimum absolute atomic E-state index is 0.0354. The quantitative estimate of drug-likeness (QED) is 0.623. The summed E-state index contributed by atoms with van der Waals surface area (Å²) in [7, 11) is 0. The van der Waals surface area contributed by atoms with Crippen molar-refractivity contribution >= 4 is 11.6 Å². The Hall–Kier alpha value is -2.83. The van der Waals surface area contributed by atoms with Gasteiger partial charge in [-0.1, -0.05) is 6.07 Å². The second-order valence-electron chi connectivity index (χ2n) is 3.94. The molecule has 2 aromatic rings. The fourth-order valence-corrected chi connectivity index (χ4v) is 1.46. The zero-order valence-corrected chi connectivity index (χ0v) is 9.98. The number of nitrogens with one attached hydrogen (secondary N) is 3. The largest absolute Gasteiger partial charge is 0.508 e. The lowest BCUT2D eigenvalue weighted by Crippen LogP contribution is -2.29. The smallest absolute Gasteiger partial charge is 0.325 e. The Morgan fingerprint density at radius 3 is 2.68 bits per heavy atom. The molecule has 0 atom stereocenters. The average Bonchev–Trinajstić information content (AvgIpc) is 2.33. The number of carbonyl (C=O) groups is 1. The van der Waals surface area contributed by atoms with Gasteiger partial charge in [-0.25, -0.2) is 4.79 Å². The third-order valence-corrected chi connectivity index (χ3v) is 2.53. The minimum Gasteiger partial charge on any atom is -0.508 e. The number of carbonyl (C=O) groups excluding carboxylic acids is 1. The summed E-state index contributed by atoms with van der Waals surface area (Å²) >= 11 is 0. The normalized spacial score (nSPS) is 10.2. The molecule has 2 rings (SSSR count). The van der Waals surface area contributed by atoms with E-state index in [4.69, 9.17) is 0 Å². The van der Waals surface area contributed by atoms with E-state index in [0.717, 1.165) is 6.20 Å². The van der Waals surface area contributed by atoms with Crippen LogP contribution in [-0.4, -0.2) is 21.0 Å². The van der Waals surface area contributed by atoms with Gasteiger partial charge in [0.25, 0.3) is 11.5 Å². The molecule has 1 aromatic carbocycles. The first-order chi connectivity index (χ1) is 8.97. The molecule has 0 aliphatic heterocycles. The van der Waals surface area contributed by atoms with Gasteiger partial charge in [-0.05, 0) is 18.6 Å². The highest BCUT2D eigenvalue weighted by Crippen LogP contribution is 2.20. The van der Waals surface area contributed by atoms with E-state index in [9.17, 15) is 19.5 Å². The van der Waals surface area contributed by atoms with E-state index in [1.165, 1.54) is 6.07 Å². The Bertz CT molecular complexity index is 745. The predicted octanol–water partition coefficient (Wildman–Crippen LogP) is 0.330. The molecule has 0 aliphatic rings. The van der Waals surface area contributed by atoms with Crippen molar-refractivity contribution in [2.45, 2.75) is 6.92 Å². The topological polar surface area (TPSA) is 115 Å². The van der Waals surface area contributed by atoms with Gasteiger partial charge in [0.15, 0.2) is 0 Å². The number of aromatic hydroxyl groups is 1. The van der Waals surface area contributed by atoms with E-state index in [1.807, 2.05) is 4.98 Å². The molecule has 0 unspecified atom stereocenters. The Kier molecular flexibility index (Phi) is 3.19. The molecule has 4 N–H and O–H groups in total. The maximum absolute atomic E-state index is 11.8. The van der Waals surface area contributed by atoms with Crippen LogP contribution in [0.5, 0.6) is 5.75 Å². The number of benzene rings is 1. The molecule has 98 valence electrons. The predicted molar refractivity (Wildman–Crippen MR) is 68.5 cm³/mol. The molecule has 0 spiro atoms. The Morgan fingerprint density at radius 1 is 1.32 bits per heavy atom. The number of H-pyrrole nitrogens is 2.